The Labute approximate surface area is 205 Å². The van der Waals surface area contributed by atoms with Gasteiger partial charge in [-0.3, -0.25) is 14.5 Å². The highest BCUT2D eigenvalue weighted by Crippen LogP contribution is 2.45. The van der Waals surface area contributed by atoms with Crippen LogP contribution in [0.25, 0.3) is 5.76 Å². The van der Waals surface area contributed by atoms with E-state index in [2.05, 4.69) is 0 Å². The van der Waals surface area contributed by atoms with Gasteiger partial charge < -0.3 is 19.7 Å². The van der Waals surface area contributed by atoms with Crippen LogP contribution in [0.4, 0.5) is 5.69 Å². The van der Waals surface area contributed by atoms with Gasteiger partial charge in [-0.1, -0.05) is 48.0 Å². The molecule has 4 rings (SSSR count). The lowest BCUT2D eigenvalue weighted by molar-refractivity contribution is -0.139. The summed E-state index contributed by atoms with van der Waals surface area (Å²) in [5, 5.41) is 20.5. The number of ketones is 1. The number of halogens is 1. The van der Waals surface area contributed by atoms with Crippen molar-refractivity contribution in [3.63, 3.8) is 0 Å². The summed E-state index contributed by atoms with van der Waals surface area (Å²) in [7, 11) is 1.50. The van der Waals surface area contributed by atoms with Gasteiger partial charge in [0.05, 0.1) is 18.7 Å². The summed E-state index contributed by atoms with van der Waals surface area (Å²) < 4.78 is 10.6. The van der Waals surface area contributed by atoms with Gasteiger partial charge in [0.25, 0.3) is 11.7 Å². The molecule has 1 unspecified atom stereocenters. The number of carboxylic acid groups (broad SMARTS) is 1. The third-order valence-electron chi connectivity index (χ3n) is 5.46. The highest BCUT2D eigenvalue weighted by atomic mass is 35.5. The topological polar surface area (TPSA) is 113 Å². The molecule has 1 fully saturated rings. The number of ether oxygens (including phenoxy) is 2. The SMILES string of the molecule is COc1ccc(N2C(=O)C(=O)C(=C(O)c3ccccc3)C2c2ccc(Cl)cc2OCC(=O)O)cc1. The number of carboxylic acids is 1. The quantitative estimate of drug-likeness (QED) is 0.284. The number of amides is 1. The fraction of sp³-hybridized carbons (Fsp3) is 0.115. The van der Waals surface area contributed by atoms with Gasteiger partial charge >= 0.3 is 5.97 Å². The second-order valence-electron chi connectivity index (χ2n) is 7.60. The molecule has 1 atom stereocenters. The van der Waals surface area contributed by atoms with Gasteiger partial charge in [-0.25, -0.2) is 4.79 Å². The van der Waals surface area contributed by atoms with E-state index in [1.807, 2.05) is 0 Å². The molecule has 2 N–H and O–H groups in total. The van der Waals surface area contributed by atoms with E-state index < -0.39 is 30.3 Å². The van der Waals surface area contributed by atoms with Crippen molar-refractivity contribution in [1.29, 1.82) is 0 Å². The average molecular weight is 494 g/mol. The van der Waals surface area contributed by atoms with E-state index in [-0.39, 0.29) is 27.7 Å². The normalized spacial score (nSPS) is 16.9. The fourth-order valence-electron chi connectivity index (χ4n) is 3.89. The number of methoxy groups -OCH3 is 1. The highest BCUT2D eigenvalue weighted by Gasteiger charge is 2.48. The van der Waals surface area contributed by atoms with Crippen molar-refractivity contribution >= 4 is 40.7 Å². The van der Waals surface area contributed by atoms with Gasteiger partial charge in [0.15, 0.2) is 6.61 Å². The molecule has 1 saturated heterocycles. The zero-order chi connectivity index (χ0) is 25.1. The Bertz CT molecular complexity index is 1320. The standard InChI is InChI=1S/C26H20ClNO7/c1-34-18-10-8-17(9-11-18)28-23(19-12-7-16(27)13-20(19)35-14-21(29)30)22(25(32)26(28)33)24(31)15-5-3-2-4-6-15/h2-13,23,31H,14H2,1H3,(H,29,30). The number of hydrogen-bond donors (Lipinski definition) is 2. The molecular formula is C26H20ClNO7. The smallest absolute Gasteiger partial charge is 0.341 e. The summed E-state index contributed by atoms with van der Waals surface area (Å²) in [6.07, 6.45) is 0. The van der Waals surface area contributed by atoms with Crippen LogP contribution in [0.3, 0.4) is 0 Å². The van der Waals surface area contributed by atoms with Crippen molar-refractivity contribution in [2.24, 2.45) is 0 Å². The maximum atomic E-state index is 13.3. The van der Waals surface area contributed by atoms with E-state index in [0.717, 1.165) is 0 Å². The summed E-state index contributed by atoms with van der Waals surface area (Å²) in [4.78, 5) is 38.9. The third kappa shape index (κ3) is 4.69. The second-order valence-corrected chi connectivity index (χ2v) is 8.03. The van der Waals surface area contributed by atoms with Crippen molar-refractivity contribution in [2.45, 2.75) is 6.04 Å². The van der Waals surface area contributed by atoms with E-state index in [0.29, 0.717) is 17.0 Å². The second kappa shape index (κ2) is 9.90. The van der Waals surface area contributed by atoms with Crippen LogP contribution in [0.1, 0.15) is 17.2 Å². The summed E-state index contributed by atoms with van der Waals surface area (Å²) in [6.45, 7) is -0.672. The zero-order valence-corrected chi connectivity index (χ0v) is 19.2. The van der Waals surface area contributed by atoms with Crippen LogP contribution in [0.5, 0.6) is 11.5 Å². The molecule has 0 spiro atoms. The van der Waals surface area contributed by atoms with Crippen molar-refractivity contribution in [3.05, 3.63) is 94.5 Å². The molecule has 0 aromatic heterocycles. The van der Waals surface area contributed by atoms with Crippen LogP contribution in [0.2, 0.25) is 5.02 Å². The van der Waals surface area contributed by atoms with Crippen LogP contribution in [-0.2, 0) is 14.4 Å². The van der Waals surface area contributed by atoms with Gasteiger partial charge in [0, 0.05) is 21.8 Å². The van der Waals surface area contributed by atoms with Crippen LogP contribution in [-0.4, -0.2) is 41.6 Å². The molecule has 0 saturated carbocycles. The third-order valence-corrected chi connectivity index (χ3v) is 5.70. The molecule has 3 aromatic rings. The summed E-state index contributed by atoms with van der Waals surface area (Å²) in [5.41, 5.74) is 0.819. The van der Waals surface area contributed by atoms with Crippen LogP contribution >= 0.6 is 11.6 Å². The lowest BCUT2D eigenvalue weighted by Crippen LogP contribution is -2.29. The van der Waals surface area contributed by atoms with Gasteiger partial charge in [0.1, 0.15) is 17.3 Å². The lowest BCUT2D eigenvalue weighted by atomic mass is 9.94. The number of Topliss-reactive ketones (excluding diaryl/α,β-unsaturated/α-hetero) is 1. The van der Waals surface area contributed by atoms with Crippen LogP contribution in [0.15, 0.2) is 78.4 Å². The van der Waals surface area contributed by atoms with Crippen molar-refractivity contribution in [1.82, 2.24) is 0 Å². The predicted molar refractivity (Wildman–Crippen MR) is 129 cm³/mol. The Hall–Kier alpha value is -4.30. The Balaban J connectivity index is 1.95. The molecule has 1 aliphatic heterocycles. The monoisotopic (exact) mass is 493 g/mol. The molecule has 3 aromatic carbocycles. The first kappa shape index (κ1) is 23.8. The predicted octanol–water partition coefficient (Wildman–Crippen LogP) is 4.44. The first-order valence-corrected chi connectivity index (χ1v) is 10.8. The van der Waals surface area contributed by atoms with Gasteiger partial charge in [0.2, 0.25) is 0 Å². The Morgan fingerprint density at radius 2 is 1.69 bits per heavy atom. The Morgan fingerprint density at radius 1 is 1.00 bits per heavy atom. The summed E-state index contributed by atoms with van der Waals surface area (Å²) >= 11 is 6.13. The number of anilines is 1. The number of benzene rings is 3. The molecule has 0 radical (unpaired) electrons. The van der Waals surface area contributed by atoms with E-state index in [4.69, 9.17) is 26.2 Å². The van der Waals surface area contributed by atoms with Crippen LogP contribution < -0.4 is 14.4 Å². The molecule has 8 nitrogen and oxygen atoms in total. The number of carbonyl (C=O) groups is 3. The van der Waals surface area contributed by atoms with Crippen molar-refractivity contribution in [3.8, 4) is 11.5 Å². The molecule has 0 aliphatic carbocycles. The van der Waals surface area contributed by atoms with E-state index in [1.165, 1.54) is 30.2 Å². The number of rotatable bonds is 7. The molecule has 178 valence electrons. The number of aliphatic hydroxyl groups is 1. The maximum absolute atomic E-state index is 13.3. The van der Waals surface area contributed by atoms with Crippen LogP contribution in [0, 0.1) is 0 Å². The summed E-state index contributed by atoms with van der Waals surface area (Å²) in [5.74, 6) is -2.75. The van der Waals surface area contributed by atoms with Gasteiger partial charge in [-0.05, 0) is 36.4 Å². The number of nitrogens with zero attached hydrogens (tertiary/aromatic N) is 1. The largest absolute Gasteiger partial charge is 0.507 e. The van der Waals surface area contributed by atoms with Crippen molar-refractivity contribution < 1.29 is 34.1 Å². The fourth-order valence-corrected chi connectivity index (χ4v) is 4.05. The van der Waals surface area contributed by atoms with Crippen molar-refractivity contribution in [2.75, 3.05) is 18.6 Å². The van der Waals surface area contributed by atoms with Gasteiger partial charge in [-0.15, -0.1) is 0 Å². The number of carbonyl (C=O) groups excluding carboxylic acids is 2. The number of aliphatic carboxylic acids is 1. The highest BCUT2D eigenvalue weighted by molar-refractivity contribution is 6.51. The lowest BCUT2D eigenvalue weighted by Gasteiger charge is -2.27. The minimum absolute atomic E-state index is 0.0595. The molecule has 1 heterocycles. The first-order valence-electron chi connectivity index (χ1n) is 10.5. The zero-order valence-electron chi connectivity index (χ0n) is 18.5. The Kier molecular flexibility index (Phi) is 6.75. The molecule has 9 heteroatoms. The van der Waals surface area contributed by atoms with E-state index in [1.54, 1.807) is 54.6 Å². The maximum Gasteiger partial charge on any atom is 0.341 e. The molecule has 1 aliphatic rings. The molecule has 1 amide bonds. The minimum atomic E-state index is -1.22. The Morgan fingerprint density at radius 3 is 2.31 bits per heavy atom. The van der Waals surface area contributed by atoms with Gasteiger partial charge in [-0.2, -0.15) is 0 Å². The molecule has 0 bridgehead atoms. The number of hydrogen-bond acceptors (Lipinski definition) is 6. The molecular weight excluding hydrogens is 474 g/mol. The number of aliphatic hydroxyl groups excluding tert-OH is 1. The minimum Gasteiger partial charge on any atom is -0.507 e. The molecule has 35 heavy (non-hydrogen) atoms. The van der Waals surface area contributed by atoms with E-state index in [9.17, 15) is 19.5 Å². The van der Waals surface area contributed by atoms with E-state index >= 15 is 0 Å². The first-order chi connectivity index (χ1) is 16.8. The average Bonchev–Trinajstić information content (AvgIpc) is 3.13. The summed E-state index contributed by atoms with van der Waals surface area (Å²) in [6, 6.07) is 18.2.